The first-order valence-electron chi connectivity index (χ1n) is 7.55. The Morgan fingerprint density at radius 2 is 1.88 bits per heavy atom. The van der Waals surface area contributed by atoms with Gasteiger partial charge in [0.05, 0.1) is 0 Å². The van der Waals surface area contributed by atoms with Crippen LogP contribution in [0.2, 0.25) is 0 Å². The molecule has 0 radical (unpaired) electrons. The fraction of sp³-hybridized carbons (Fsp3) is 1.00. The molecule has 0 aromatic heterocycles. The Bertz CT molecular complexity index is 201. The summed E-state index contributed by atoms with van der Waals surface area (Å²) < 4.78 is 0. The average Bonchev–Trinajstić information content (AvgIpc) is 2.70. The maximum absolute atomic E-state index is 3.75. The van der Waals surface area contributed by atoms with Gasteiger partial charge in [0.2, 0.25) is 0 Å². The first-order valence-corrected chi connectivity index (χ1v) is 7.55. The summed E-state index contributed by atoms with van der Waals surface area (Å²) in [5, 5.41) is 3.75. The fourth-order valence-corrected chi connectivity index (χ4v) is 3.06. The van der Waals surface area contributed by atoms with E-state index in [-0.39, 0.29) is 0 Å². The van der Waals surface area contributed by atoms with Crippen molar-refractivity contribution < 1.29 is 0 Å². The van der Waals surface area contributed by atoms with Gasteiger partial charge in [-0.15, -0.1) is 0 Å². The summed E-state index contributed by atoms with van der Waals surface area (Å²) in [6.45, 7) is 14.0. The van der Waals surface area contributed by atoms with Crippen molar-refractivity contribution in [3.8, 4) is 0 Å². The predicted octanol–water partition coefficient (Wildman–Crippen LogP) is 3.27. The van der Waals surface area contributed by atoms with E-state index in [1.165, 1.54) is 38.8 Å². The van der Waals surface area contributed by atoms with Gasteiger partial charge in [0.25, 0.3) is 0 Å². The van der Waals surface area contributed by atoms with E-state index < -0.39 is 0 Å². The summed E-state index contributed by atoms with van der Waals surface area (Å²) in [7, 11) is 0. The summed E-state index contributed by atoms with van der Waals surface area (Å²) in [5.41, 5.74) is 0. The molecule has 0 aromatic carbocycles. The van der Waals surface area contributed by atoms with Crippen molar-refractivity contribution in [2.45, 2.75) is 78.4 Å². The Hall–Kier alpha value is -0.0800. The first-order chi connectivity index (χ1) is 8.06. The van der Waals surface area contributed by atoms with E-state index in [1.807, 2.05) is 0 Å². The minimum atomic E-state index is 0.673. The van der Waals surface area contributed by atoms with Crippen molar-refractivity contribution in [1.82, 2.24) is 10.2 Å². The molecule has 2 atom stereocenters. The molecule has 1 fully saturated rings. The molecule has 0 heterocycles. The van der Waals surface area contributed by atoms with Gasteiger partial charge in [-0.1, -0.05) is 27.2 Å². The predicted molar refractivity (Wildman–Crippen MR) is 76.4 cm³/mol. The molecule has 2 nitrogen and oxygen atoms in total. The standard InChI is InChI=1S/C15H32N2/c1-6-10-16-14-8-7-9-15(14)17(13(4)5)11-12(2)3/h12-16H,6-11H2,1-5H3. The summed E-state index contributed by atoms with van der Waals surface area (Å²) in [4.78, 5) is 2.73. The van der Waals surface area contributed by atoms with E-state index >= 15 is 0 Å². The lowest BCUT2D eigenvalue weighted by molar-refractivity contribution is 0.118. The van der Waals surface area contributed by atoms with Crippen molar-refractivity contribution in [3.05, 3.63) is 0 Å². The van der Waals surface area contributed by atoms with Crippen LogP contribution in [0.5, 0.6) is 0 Å². The SMILES string of the molecule is CCCNC1CCCC1N(CC(C)C)C(C)C. The smallest absolute Gasteiger partial charge is 0.0252 e. The van der Waals surface area contributed by atoms with Crippen LogP contribution in [-0.2, 0) is 0 Å². The quantitative estimate of drug-likeness (QED) is 0.735. The number of nitrogens with one attached hydrogen (secondary N) is 1. The third-order valence-electron chi connectivity index (χ3n) is 3.80. The molecule has 1 aliphatic carbocycles. The third-order valence-corrected chi connectivity index (χ3v) is 3.80. The van der Waals surface area contributed by atoms with Crippen LogP contribution in [0, 0.1) is 5.92 Å². The highest BCUT2D eigenvalue weighted by atomic mass is 15.2. The molecule has 0 aliphatic heterocycles. The maximum atomic E-state index is 3.75. The van der Waals surface area contributed by atoms with Gasteiger partial charge in [0.1, 0.15) is 0 Å². The van der Waals surface area contributed by atoms with Crippen LogP contribution in [0.1, 0.15) is 60.3 Å². The maximum Gasteiger partial charge on any atom is 0.0252 e. The van der Waals surface area contributed by atoms with E-state index in [0.29, 0.717) is 6.04 Å². The summed E-state index contributed by atoms with van der Waals surface area (Å²) >= 11 is 0. The Morgan fingerprint density at radius 1 is 1.18 bits per heavy atom. The topological polar surface area (TPSA) is 15.3 Å². The van der Waals surface area contributed by atoms with Crippen molar-refractivity contribution in [2.75, 3.05) is 13.1 Å². The number of nitrogens with zero attached hydrogens (tertiary/aromatic N) is 1. The zero-order valence-electron chi connectivity index (χ0n) is 12.5. The van der Waals surface area contributed by atoms with Crippen LogP contribution in [0.15, 0.2) is 0 Å². The van der Waals surface area contributed by atoms with Crippen LogP contribution < -0.4 is 5.32 Å². The molecule has 2 unspecified atom stereocenters. The molecule has 0 amide bonds. The van der Waals surface area contributed by atoms with Gasteiger partial charge in [-0.25, -0.2) is 0 Å². The minimum Gasteiger partial charge on any atom is -0.312 e. The number of hydrogen-bond acceptors (Lipinski definition) is 2. The second kappa shape index (κ2) is 7.38. The van der Waals surface area contributed by atoms with Crippen molar-refractivity contribution in [3.63, 3.8) is 0 Å². The van der Waals surface area contributed by atoms with E-state index in [1.54, 1.807) is 0 Å². The molecular formula is C15H32N2. The Balaban J connectivity index is 2.58. The van der Waals surface area contributed by atoms with Crippen LogP contribution in [0.25, 0.3) is 0 Å². The van der Waals surface area contributed by atoms with Gasteiger partial charge in [-0.05, 0) is 45.6 Å². The molecule has 1 N–H and O–H groups in total. The Kier molecular flexibility index (Phi) is 6.50. The second-order valence-electron chi connectivity index (χ2n) is 6.24. The van der Waals surface area contributed by atoms with Gasteiger partial charge in [0, 0.05) is 24.7 Å². The molecule has 0 bridgehead atoms. The lowest BCUT2D eigenvalue weighted by atomic mass is 10.1. The van der Waals surface area contributed by atoms with Crippen molar-refractivity contribution in [2.24, 2.45) is 5.92 Å². The van der Waals surface area contributed by atoms with Gasteiger partial charge >= 0.3 is 0 Å². The third kappa shape index (κ3) is 4.59. The van der Waals surface area contributed by atoms with Crippen LogP contribution in [0.3, 0.4) is 0 Å². The molecule has 0 saturated heterocycles. The molecule has 17 heavy (non-hydrogen) atoms. The van der Waals surface area contributed by atoms with Crippen LogP contribution in [-0.4, -0.2) is 36.1 Å². The summed E-state index contributed by atoms with van der Waals surface area (Å²) in [6.07, 6.45) is 5.39. The number of hydrogen-bond donors (Lipinski definition) is 1. The van der Waals surface area contributed by atoms with E-state index in [2.05, 4.69) is 44.8 Å². The molecule has 0 aromatic rings. The van der Waals surface area contributed by atoms with Gasteiger partial charge < -0.3 is 5.32 Å². The Morgan fingerprint density at radius 3 is 2.41 bits per heavy atom. The number of rotatable bonds is 7. The fourth-order valence-electron chi connectivity index (χ4n) is 3.06. The molecule has 1 rings (SSSR count). The Labute approximate surface area is 108 Å². The lowest BCUT2D eigenvalue weighted by Gasteiger charge is -2.37. The first kappa shape index (κ1) is 15.0. The summed E-state index contributed by atoms with van der Waals surface area (Å²) in [6, 6.07) is 2.17. The molecule has 1 saturated carbocycles. The molecule has 102 valence electrons. The molecular weight excluding hydrogens is 208 g/mol. The monoisotopic (exact) mass is 240 g/mol. The largest absolute Gasteiger partial charge is 0.312 e. The zero-order chi connectivity index (χ0) is 12.8. The molecule has 0 spiro atoms. The van der Waals surface area contributed by atoms with Gasteiger partial charge in [-0.3, -0.25) is 4.90 Å². The highest BCUT2D eigenvalue weighted by molar-refractivity contribution is 4.91. The highest BCUT2D eigenvalue weighted by Crippen LogP contribution is 2.26. The second-order valence-corrected chi connectivity index (χ2v) is 6.24. The van der Waals surface area contributed by atoms with E-state index in [9.17, 15) is 0 Å². The molecule has 1 aliphatic rings. The molecule has 2 heteroatoms. The summed E-state index contributed by atoms with van der Waals surface area (Å²) in [5.74, 6) is 0.768. The van der Waals surface area contributed by atoms with Crippen molar-refractivity contribution >= 4 is 0 Å². The van der Waals surface area contributed by atoms with Gasteiger partial charge in [-0.2, -0.15) is 0 Å². The van der Waals surface area contributed by atoms with E-state index in [0.717, 1.165) is 18.0 Å². The van der Waals surface area contributed by atoms with Gasteiger partial charge in [0.15, 0.2) is 0 Å². The van der Waals surface area contributed by atoms with E-state index in [4.69, 9.17) is 0 Å². The van der Waals surface area contributed by atoms with Crippen molar-refractivity contribution in [1.29, 1.82) is 0 Å². The normalized spacial score (nSPS) is 25.4. The highest BCUT2D eigenvalue weighted by Gasteiger charge is 2.32. The average molecular weight is 240 g/mol. The lowest BCUT2D eigenvalue weighted by Crippen LogP contribution is -2.50. The minimum absolute atomic E-state index is 0.673. The van der Waals surface area contributed by atoms with Crippen LogP contribution in [0.4, 0.5) is 0 Å². The van der Waals surface area contributed by atoms with Crippen LogP contribution >= 0.6 is 0 Å². The zero-order valence-corrected chi connectivity index (χ0v) is 12.5.